The van der Waals surface area contributed by atoms with Gasteiger partial charge in [-0.25, -0.2) is 16.8 Å². The molecule has 0 spiro atoms. The minimum absolute atomic E-state index is 0.114. The van der Waals surface area contributed by atoms with Crippen LogP contribution in [0.25, 0.3) is 10.8 Å². The zero-order valence-electron chi connectivity index (χ0n) is 25.1. The molecule has 0 saturated carbocycles. The molecule has 10 nitrogen and oxygen atoms in total. The number of carbonyl (C=O) groups is 2. The van der Waals surface area contributed by atoms with Crippen LogP contribution in [0.5, 0.6) is 0 Å². The molecule has 0 unspecified atom stereocenters. The van der Waals surface area contributed by atoms with Gasteiger partial charge in [0.1, 0.15) is 0 Å². The largest absolute Gasteiger partial charge is 0.321 e. The molecule has 0 fully saturated rings. The summed E-state index contributed by atoms with van der Waals surface area (Å²) in [5.41, 5.74) is 1.59. The van der Waals surface area contributed by atoms with Gasteiger partial charge in [0.25, 0.3) is 11.8 Å². The maximum absolute atomic E-state index is 13.1. The maximum Gasteiger partial charge on any atom is 0.255 e. The quantitative estimate of drug-likeness (QED) is 0.214. The topological polar surface area (TPSA) is 133 Å². The number of rotatable bonds is 12. The number of nitrogens with zero attached hydrogens (tertiary/aromatic N) is 2. The van der Waals surface area contributed by atoms with Crippen LogP contribution in [-0.4, -0.2) is 63.4 Å². The summed E-state index contributed by atoms with van der Waals surface area (Å²) in [7, 11) is -7.28. The van der Waals surface area contributed by atoms with Gasteiger partial charge in [-0.2, -0.15) is 8.61 Å². The van der Waals surface area contributed by atoms with E-state index in [1.54, 1.807) is 52.0 Å². The minimum atomic E-state index is -3.64. The van der Waals surface area contributed by atoms with Gasteiger partial charge in [-0.3, -0.25) is 9.59 Å². The molecule has 2 N–H and O–H groups in total. The van der Waals surface area contributed by atoms with Gasteiger partial charge in [0.2, 0.25) is 20.0 Å². The van der Waals surface area contributed by atoms with Crippen LogP contribution < -0.4 is 10.6 Å². The van der Waals surface area contributed by atoms with Gasteiger partial charge in [-0.05, 0) is 60.7 Å². The van der Waals surface area contributed by atoms with E-state index < -0.39 is 31.9 Å². The van der Waals surface area contributed by atoms with Crippen LogP contribution in [-0.2, 0) is 20.0 Å². The van der Waals surface area contributed by atoms with Crippen molar-refractivity contribution >= 4 is 54.0 Å². The summed E-state index contributed by atoms with van der Waals surface area (Å²) in [6.07, 6.45) is 0. The van der Waals surface area contributed by atoms with Gasteiger partial charge in [0.15, 0.2) is 0 Å². The monoisotopic (exact) mass is 636 g/mol. The van der Waals surface area contributed by atoms with E-state index in [1.165, 1.54) is 57.1 Å². The molecule has 4 rings (SSSR count). The molecule has 0 saturated heterocycles. The summed E-state index contributed by atoms with van der Waals surface area (Å²) in [4.78, 5) is 26.4. The molecule has 2 amide bonds. The third kappa shape index (κ3) is 6.68. The Morgan fingerprint density at radius 1 is 0.523 bits per heavy atom. The van der Waals surface area contributed by atoms with Gasteiger partial charge >= 0.3 is 0 Å². The van der Waals surface area contributed by atoms with Gasteiger partial charge in [-0.1, -0.05) is 52.0 Å². The summed E-state index contributed by atoms with van der Waals surface area (Å²) >= 11 is 0. The molecule has 0 aliphatic carbocycles. The van der Waals surface area contributed by atoms with Crippen molar-refractivity contribution in [2.24, 2.45) is 0 Å². The highest BCUT2D eigenvalue weighted by atomic mass is 32.2. The van der Waals surface area contributed by atoms with Gasteiger partial charge in [0, 0.05) is 59.5 Å². The summed E-state index contributed by atoms with van der Waals surface area (Å²) in [5.74, 6) is -0.836. The Balaban J connectivity index is 1.53. The normalized spacial score (nSPS) is 12.0. The molecule has 0 aromatic heterocycles. The van der Waals surface area contributed by atoms with Crippen molar-refractivity contribution in [3.05, 3.63) is 96.1 Å². The highest BCUT2D eigenvalue weighted by molar-refractivity contribution is 7.89. The fourth-order valence-corrected chi connectivity index (χ4v) is 7.81. The highest BCUT2D eigenvalue weighted by Gasteiger charge is 2.23. The molecular formula is C32H36N4O6S2. The Morgan fingerprint density at radius 2 is 0.841 bits per heavy atom. The summed E-state index contributed by atoms with van der Waals surface area (Å²) in [6.45, 7) is 8.45. The highest BCUT2D eigenvalue weighted by Crippen LogP contribution is 2.30. The smallest absolute Gasteiger partial charge is 0.255 e. The van der Waals surface area contributed by atoms with Crippen LogP contribution in [0.1, 0.15) is 48.4 Å². The SMILES string of the molecule is CCN(CC)S(=O)(=O)c1ccc(C(=O)Nc2cccc3c(NC(=O)c4ccc(S(=O)(=O)N(CC)CC)cc4)cccc23)cc1. The lowest BCUT2D eigenvalue weighted by Gasteiger charge is -2.18. The molecule has 0 atom stereocenters. The number of nitrogens with one attached hydrogen (secondary N) is 2. The Bertz CT molecular complexity index is 1730. The lowest BCUT2D eigenvalue weighted by Crippen LogP contribution is -2.30. The van der Waals surface area contributed by atoms with Gasteiger partial charge < -0.3 is 10.6 Å². The standard InChI is InChI=1S/C32H36N4O6S2/c1-5-35(6-2)43(39,40)25-19-15-23(16-20-25)31(37)33-29-13-9-12-28-27(29)11-10-14-30(28)34-32(38)24-17-21-26(22-18-24)44(41,42)36(7-3)8-4/h9-22H,5-8H2,1-4H3,(H,33,37)(H,34,38). The molecule has 0 aliphatic rings. The van der Waals surface area contributed by atoms with E-state index in [9.17, 15) is 26.4 Å². The van der Waals surface area contributed by atoms with Crippen molar-refractivity contribution < 1.29 is 26.4 Å². The third-order valence-electron chi connectivity index (χ3n) is 7.34. The second-order valence-electron chi connectivity index (χ2n) is 9.84. The molecular weight excluding hydrogens is 601 g/mol. The van der Waals surface area contributed by atoms with E-state index in [1.807, 2.05) is 12.1 Å². The molecule has 44 heavy (non-hydrogen) atoms. The van der Waals surface area contributed by atoms with Gasteiger partial charge in [-0.15, -0.1) is 0 Å². The first-order chi connectivity index (χ1) is 21.0. The van der Waals surface area contributed by atoms with Crippen LogP contribution in [0.15, 0.2) is 94.7 Å². The average molecular weight is 637 g/mol. The lowest BCUT2D eigenvalue weighted by atomic mass is 10.1. The Morgan fingerprint density at radius 3 is 1.14 bits per heavy atom. The fourth-order valence-electron chi connectivity index (χ4n) is 4.90. The fraction of sp³-hybridized carbons (Fsp3) is 0.250. The van der Waals surface area contributed by atoms with Crippen LogP contribution in [0.4, 0.5) is 11.4 Å². The Labute approximate surface area is 258 Å². The number of benzene rings is 4. The number of sulfonamides is 2. The van der Waals surface area contributed by atoms with E-state index >= 15 is 0 Å². The van der Waals surface area contributed by atoms with E-state index in [0.717, 1.165) is 0 Å². The molecule has 4 aromatic carbocycles. The zero-order valence-corrected chi connectivity index (χ0v) is 26.7. The average Bonchev–Trinajstić information content (AvgIpc) is 3.02. The van der Waals surface area contributed by atoms with Crippen molar-refractivity contribution in [1.82, 2.24) is 8.61 Å². The summed E-state index contributed by atoms with van der Waals surface area (Å²) < 4.78 is 53.8. The van der Waals surface area contributed by atoms with Crippen LogP contribution in [0.3, 0.4) is 0 Å². The van der Waals surface area contributed by atoms with E-state index in [0.29, 0.717) is 48.3 Å². The second-order valence-corrected chi connectivity index (χ2v) is 13.7. The van der Waals surface area contributed by atoms with E-state index in [2.05, 4.69) is 10.6 Å². The first-order valence-electron chi connectivity index (χ1n) is 14.3. The molecule has 0 radical (unpaired) electrons. The van der Waals surface area contributed by atoms with Crippen LogP contribution in [0.2, 0.25) is 0 Å². The molecule has 0 aliphatic heterocycles. The number of hydrogen-bond donors (Lipinski definition) is 2. The van der Waals surface area contributed by atoms with Crippen molar-refractivity contribution in [2.75, 3.05) is 36.8 Å². The zero-order chi connectivity index (χ0) is 32.1. The number of fused-ring (bicyclic) bond motifs is 1. The predicted octanol–water partition coefficient (Wildman–Crippen LogP) is 5.41. The molecule has 4 aromatic rings. The number of carbonyl (C=O) groups excluding carboxylic acids is 2. The van der Waals surface area contributed by atoms with Crippen LogP contribution in [0, 0.1) is 0 Å². The minimum Gasteiger partial charge on any atom is -0.321 e. The second kappa shape index (κ2) is 13.7. The lowest BCUT2D eigenvalue weighted by molar-refractivity contribution is 0.101. The summed E-state index contributed by atoms with van der Waals surface area (Å²) in [5, 5.41) is 7.13. The van der Waals surface area contributed by atoms with Crippen molar-refractivity contribution in [3.8, 4) is 0 Å². The molecule has 12 heteroatoms. The number of hydrogen-bond acceptors (Lipinski definition) is 6. The maximum atomic E-state index is 13.1. The van der Waals surface area contributed by atoms with Crippen molar-refractivity contribution in [2.45, 2.75) is 37.5 Å². The van der Waals surface area contributed by atoms with Crippen LogP contribution >= 0.6 is 0 Å². The Kier molecular flexibility index (Phi) is 10.2. The number of anilines is 2. The van der Waals surface area contributed by atoms with E-state index in [4.69, 9.17) is 0 Å². The number of amides is 2. The predicted molar refractivity (Wildman–Crippen MR) is 173 cm³/mol. The Hall–Kier alpha value is -4.10. The van der Waals surface area contributed by atoms with Gasteiger partial charge in [0.05, 0.1) is 9.79 Å². The summed E-state index contributed by atoms with van der Waals surface area (Å²) in [6, 6.07) is 22.2. The first-order valence-corrected chi connectivity index (χ1v) is 17.2. The molecule has 0 bridgehead atoms. The molecule has 0 heterocycles. The third-order valence-corrected chi connectivity index (χ3v) is 11.5. The van der Waals surface area contributed by atoms with Crippen molar-refractivity contribution in [1.29, 1.82) is 0 Å². The van der Waals surface area contributed by atoms with E-state index in [-0.39, 0.29) is 20.9 Å². The first kappa shape index (κ1) is 32.8. The molecule has 232 valence electrons. The van der Waals surface area contributed by atoms with Crippen molar-refractivity contribution in [3.63, 3.8) is 0 Å².